The van der Waals surface area contributed by atoms with Crippen molar-refractivity contribution in [3.05, 3.63) is 69.5 Å². The molecule has 1 unspecified atom stereocenters. The number of nitrogens with one attached hydrogen (secondary N) is 1. The Bertz CT molecular complexity index is 590. The van der Waals surface area contributed by atoms with Crippen molar-refractivity contribution in [3.63, 3.8) is 0 Å². The van der Waals surface area contributed by atoms with Crippen LogP contribution in [-0.2, 0) is 6.42 Å². The minimum atomic E-state index is -0.250. The Morgan fingerprint density at radius 1 is 1.10 bits per heavy atom. The van der Waals surface area contributed by atoms with Crippen molar-refractivity contribution in [2.24, 2.45) is 0 Å². The van der Waals surface area contributed by atoms with Crippen molar-refractivity contribution in [1.82, 2.24) is 5.32 Å². The summed E-state index contributed by atoms with van der Waals surface area (Å²) < 4.78 is 13.4. The fourth-order valence-corrected chi connectivity index (χ4v) is 2.71. The van der Waals surface area contributed by atoms with Crippen LogP contribution in [0.4, 0.5) is 4.39 Å². The van der Waals surface area contributed by atoms with Crippen LogP contribution in [0.25, 0.3) is 0 Å². The molecule has 0 spiro atoms. The van der Waals surface area contributed by atoms with E-state index in [2.05, 4.69) is 37.4 Å². The highest BCUT2D eigenvalue weighted by Crippen LogP contribution is 2.25. The van der Waals surface area contributed by atoms with Gasteiger partial charge in [0.15, 0.2) is 0 Å². The van der Waals surface area contributed by atoms with Crippen LogP contribution in [0.15, 0.2) is 36.4 Å². The van der Waals surface area contributed by atoms with Crippen LogP contribution >= 0.6 is 11.6 Å². The molecule has 0 bridgehead atoms. The van der Waals surface area contributed by atoms with Gasteiger partial charge in [-0.25, -0.2) is 4.39 Å². The quantitative estimate of drug-likeness (QED) is 0.868. The molecule has 1 atom stereocenters. The SMILES string of the molecule is CNC(Cc1cc(F)ccc1Cl)c1cc(C)cc(C)c1. The first kappa shape index (κ1) is 15.0. The molecular weight excluding hydrogens is 273 g/mol. The maximum atomic E-state index is 13.4. The highest BCUT2D eigenvalue weighted by Gasteiger charge is 2.13. The van der Waals surface area contributed by atoms with Gasteiger partial charge >= 0.3 is 0 Å². The van der Waals surface area contributed by atoms with Gasteiger partial charge in [0.05, 0.1) is 0 Å². The zero-order valence-electron chi connectivity index (χ0n) is 12.0. The molecule has 2 aromatic rings. The fourth-order valence-electron chi connectivity index (χ4n) is 2.52. The van der Waals surface area contributed by atoms with Gasteiger partial charge in [-0.3, -0.25) is 0 Å². The lowest BCUT2D eigenvalue weighted by Crippen LogP contribution is -2.19. The van der Waals surface area contributed by atoms with Crippen molar-refractivity contribution in [2.45, 2.75) is 26.3 Å². The van der Waals surface area contributed by atoms with E-state index in [9.17, 15) is 4.39 Å². The van der Waals surface area contributed by atoms with E-state index in [0.717, 1.165) is 5.56 Å². The number of aryl methyl sites for hydroxylation is 2. The van der Waals surface area contributed by atoms with Crippen molar-refractivity contribution in [2.75, 3.05) is 7.05 Å². The largest absolute Gasteiger partial charge is 0.313 e. The van der Waals surface area contributed by atoms with E-state index in [-0.39, 0.29) is 11.9 Å². The Hall–Kier alpha value is -1.38. The van der Waals surface area contributed by atoms with Gasteiger partial charge in [-0.15, -0.1) is 0 Å². The first-order valence-corrected chi connectivity index (χ1v) is 7.07. The average molecular weight is 292 g/mol. The molecule has 106 valence electrons. The molecule has 3 heteroatoms. The molecule has 0 aliphatic carbocycles. The Kier molecular flexibility index (Phi) is 4.79. The zero-order valence-corrected chi connectivity index (χ0v) is 12.8. The van der Waals surface area contributed by atoms with Gasteiger partial charge in [0, 0.05) is 11.1 Å². The van der Waals surface area contributed by atoms with Crippen LogP contribution in [-0.4, -0.2) is 7.05 Å². The van der Waals surface area contributed by atoms with Crippen LogP contribution in [0.2, 0.25) is 5.02 Å². The molecule has 0 radical (unpaired) electrons. The number of halogens is 2. The monoisotopic (exact) mass is 291 g/mol. The number of rotatable bonds is 4. The van der Waals surface area contributed by atoms with Gasteiger partial charge in [0.1, 0.15) is 5.82 Å². The Morgan fingerprint density at radius 3 is 2.35 bits per heavy atom. The van der Waals surface area contributed by atoms with E-state index in [0.29, 0.717) is 11.4 Å². The van der Waals surface area contributed by atoms with Crippen molar-refractivity contribution in [3.8, 4) is 0 Å². The van der Waals surface area contributed by atoms with Gasteiger partial charge in [0.2, 0.25) is 0 Å². The topological polar surface area (TPSA) is 12.0 Å². The number of likely N-dealkylation sites (N-methyl/N-ethyl adjacent to an activating group) is 1. The predicted molar refractivity (Wildman–Crippen MR) is 82.8 cm³/mol. The third-order valence-electron chi connectivity index (χ3n) is 3.43. The smallest absolute Gasteiger partial charge is 0.123 e. The summed E-state index contributed by atoms with van der Waals surface area (Å²) in [6.45, 7) is 4.16. The third-order valence-corrected chi connectivity index (χ3v) is 3.80. The molecule has 0 saturated heterocycles. The molecule has 1 N–H and O–H groups in total. The molecule has 0 saturated carbocycles. The molecule has 2 aromatic carbocycles. The van der Waals surface area contributed by atoms with Crippen molar-refractivity contribution < 1.29 is 4.39 Å². The highest BCUT2D eigenvalue weighted by atomic mass is 35.5. The van der Waals surface area contributed by atoms with Crippen LogP contribution in [0.3, 0.4) is 0 Å². The van der Waals surface area contributed by atoms with Crippen molar-refractivity contribution in [1.29, 1.82) is 0 Å². The van der Waals surface area contributed by atoms with Gasteiger partial charge in [-0.1, -0.05) is 40.9 Å². The average Bonchev–Trinajstić information content (AvgIpc) is 2.38. The van der Waals surface area contributed by atoms with Gasteiger partial charge in [0.25, 0.3) is 0 Å². The first-order chi connectivity index (χ1) is 9.49. The first-order valence-electron chi connectivity index (χ1n) is 6.69. The van der Waals surface area contributed by atoms with E-state index < -0.39 is 0 Å². The minimum absolute atomic E-state index is 0.118. The summed E-state index contributed by atoms with van der Waals surface area (Å²) in [7, 11) is 1.91. The number of hydrogen-bond acceptors (Lipinski definition) is 1. The fraction of sp³-hybridized carbons (Fsp3) is 0.294. The maximum absolute atomic E-state index is 13.4. The molecule has 0 heterocycles. The van der Waals surface area contributed by atoms with E-state index >= 15 is 0 Å². The standard InChI is InChI=1S/C17H19ClFN/c1-11-6-12(2)8-14(7-11)17(20-3)10-13-9-15(19)4-5-16(13)18/h4-9,17,20H,10H2,1-3H3. The van der Waals surface area contributed by atoms with E-state index in [1.165, 1.54) is 28.8 Å². The molecule has 0 aromatic heterocycles. The minimum Gasteiger partial charge on any atom is -0.313 e. The van der Waals surface area contributed by atoms with Crippen LogP contribution in [0, 0.1) is 19.7 Å². The molecule has 20 heavy (non-hydrogen) atoms. The van der Waals surface area contributed by atoms with Gasteiger partial charge < -0.3 is 5.32 Å². The van der Waals surface area contributed by atoms with Crippen LogP contribution < -0.4 is 5.32 Å². The Morgan fingerprint density at radius 2 is 1.75 bits per heavy atom. The summed E-state index contributed by atoms with van der Waals surface area (Å²) in [6.07, 6.45) is 0.663. The lowest BCUT2D eigenvalue weighted by Gasteiger charge is -2.19. The molecule has 2 rings (SSSR count). The highest BCUT2D eigenvalue weighted by molar-refractivity contribution is 6.31. The normalized spacial score (nSPS) is 12.4. The molecule has 0 aliphatic heterocycles. The number of hydrogen-bond donors (Lipinski definition) is 1. The Labute approximate surface area is 124 Å². The van der Waals surface area contributed by atoms with E-state index in [1.807, 2.05) is 7.05 Å². The molecule has 0 amide bonds. The lowest BCUT2D eigenvalue weighted by molar-refractivity contribution is 0.583. The molecule has 0 fully saturated rings. The summed E-state index contributed by atoms with van der Waals surface area (Å²) in [5.41, 5.74) is 4.48. The molecular formula is C17H19ClFN. The second-order valence-corrected chi connectivity index (χ2v) is 5.61. The summed E-state index contributed by atoms with van der Waals surface area (Å²) in [6, 6.07) is 11.1. The molecule has 0 aliphatic rings. The summed E-state index contributed by atoms with van der Waals surface area (Å²) in [4.78, 5) is 0. The third kappa shape index (κ3) is 3.59. The molecule has 1 nitrogen and oxygen atoms in total. The maximum Gasteiger partial charge on any atom is 0.123 e. The summed E-state index contributed by atoms with van der Waals surface area (Å²) in [5.74, 6) is -0.250. The zero-order chi connectivity index (χ0) is 14.7. The second kappa shape index (κ2) is 6.38. The van der Waals surface area contributed by atoms with Crippen molar-refractivity contribution >= 4 is 11.6 Å². The lowest BCUT2D eigenvalue weighted by atomic mass is 9.96. The summed E-state index contributed by atoms with van der Waals surface area (Å²) >= 11 is 6.15. The number of benzene rings is 2. The summed E-state index contributed by atoms with van der Waals surface area (Å²) in [5, 5.41) is 3.89. The predicted octanol–water partition coefficient (Wildman–Crippen LogP) is 4.60. The second-order valence-electron chi connectivity index (χ2n) is 5.20. The Balaban J connectivity index is 2.30. The van der Waals surface area contributed by atoms with E-state index in [1.54, 1.807) is 6.07 Å². The van der Waals surface area contributed by atoms with Crippen LogP contribution in [0.1, 0.15) is 28.3 Å². The van der Waals surface area contributed by atoms with Crippen LogP contribution in [0.5, 0.6) is 0 Å². The van der Waals surface area contributed by atoms with Gasteiger partial charge in [-0.05, 0) is 56.6 Å². The van der Waals surface area contributed by atoms with Gasteiger partial charge in [-0.2, -0.15) is 0 Å². The van der Waals surface area contributed by atoms with E-state index in [4.69, 9.17) is 11.6 Å².